The Bertz CT molecular complexity index is 478. The van der Waals surface area contributed by atoms with Gasteiger partial charge >= 0.3 is 0 Å². The van der Waals surface area contributed by atoms with Crippen LogP contribution in [0.4, 0.5) is 0 Å². The first-order valence-corrected chi connectivity index (χ1v) is 6.13. The maximum absolute atomic E-state index is 4.56. The summed E-state index contributed by atoms with van der Waals surface area (Å²) < 4.78 is 0. The molecule has 0 spiro atoms. The Morgan fingerprint density at radius 3 is 2.72 bits per heavy atom. The lowest BCUT2D eigenvalue weighted by molar-refractivity contribution is 0.307. The molecule has 0 radical (unpaired) electrons. The molecule has 0 atom stereocenters. The molecule has 2 aromatic rings. The highest BCUT2D eigenvalue weighted by Crippen LogP contribution is 2.09. The monoisotopic (exact) mass is 245 g/mol. The summed E-state index contributed by atoms with van der Waals surface area (Å²) in [7, 11) is 2.06. The average molecular weight is 245 g/mol. The maximum atomic E-state index is 4.56. The molecule has 0 aliphatic heterocycles. The maximum Gasteiger partial charge on any atom is 0.131 e. The Morgan fingerprint density at radius 1 is 1.22 bits per heavy atom. The summed E-state index contributed by atoms with van der Waals surface area (Å²) in [5.74, 6) is 2.23. The van der Waals surface area contributed by atoms with E-state index in [4.69, 9.17) is 0 Å². The quantitative estimate of drug-likeness (QED) is 0.874. The molecular formula is C13H19N5. The first kappa shape index (κ1) is 12.7. The summed E-state index contributed by atoms with van der Waals surface area (Å²) in [5, 5.41) is 0. The zero-order valence-corrected chi connectivity index (χ0v) is 11.1. The summed E-state index contributed by atoms with van der Waals surface area (Å²) in [4.78, 5) is 18.3. The molecule has 0 bridgehead atoms. The van der Waals surface area contributed by atoms with Gasteiger partial charge in [-0.3, -0.25) is 4.90 Å². The van der Waals surface area contributed by atoms with Crippen LogP contribution in [-0.4, -0.2) is 31.9 Å². The fourth-order valence-electron chi connectivity index (χ4n) is 1.75. The standard InChI is InChI=1S/C13H19N5/c1-10(2)13-16-5-4-11(17-13)8-18(3)9-12-14-6-7-15-12/h4-7,10H,8-9H2,1-3H3,(H,14,15). The second-order valence-corrected chi connectivity index (χ2v) is 4.77. The minimum atomic E-state index is 0.361. The predicted octanol–water partition coefficient (Wildman–Crippen LogP) is 1.96. The van der Waals surface area contributed by atoms with Gasteiger partial charge in [0, 0.05) is 31.1 Å². The van der Waals surface area contributed by atoms with Crippen LogP contribution in [0.5, 0.6) is 0 Å². The van der Waals surface area contributed by atoms with E-state index >= 15 is 0 Å². The molecule has 0 aliphatic carbocycles. The predicted molar refractivity (Wildman–Crippen MR) is 69.9 cm³/mol. The van der Waals surface area contributed by atoms with Crippen LogP contribution < -0.4 is 0 Å². The van der Waals surface area contributed by atoms with Gasteiger partial charge in [0.15, 0.2) is 0 Å². The van der Waals surface area contributed by atoms with Crippen LogP contribution in [0.25, 0.3) is 0 Å². The molecule has 1 N–H and O–H groups in total. The van der Waals surface area contributed by atoms with Crippen molar-refractivity contribution < 1.29 is 0 Å². The number of nitrogens with one attached hydrogen (secondary N) is 1. The van der Waals surface area contributed by atoms with E-state index in [1.54, 1.807) is 6.20 Å². The number of rotatable bonds is 5. The number of H-pyrrole nitrogens is 1. The molecule has 5 heteroatoms. The first-order valence-electron chi connectivity index (χ1n) is 6.13. The van der Waals surface area contributed by atoms with E-state index in [0.29, 0.717) is 5.92 Å². The summed E-state index contributed by atoms with van der Waals surface area (Å²) in [5.41, 5.74) is 1.04. The molecule has 2 heterocycles. The summed E-state index contributed by atoms with van der Waals surface area (Å²) >= 11 is 0. The van der Waals surface area contributed by atoms with Gasteiger partial charge in [-0.2, -0.15) is 0 Å². The van der Waals surface area contributed by atoms with Gasteiger partial charge in [-0.1, -0.05) is 13.8 Å². The van der Waals surface area contributed by atoms with Gasteiger partial charge in [0.25, 0.3) is 0 Å². The van der Waals surface area contributed by atoms with Crippen LogP contribution in [0, 0.1) is 0 Å². The van der Waals surface area contributed by atoms with Gasteiger partial charge in [-0.15, -0.1) is 0 Å². The van der Waals surface area contributed by atoms with Crippen molar-refractivity contribution in [3.05, 3.63) is 42.0 Å². The highest BCUT2D eigenvalue weighted by Gasteiger charge is 2.07. The van der Waals surface area contributed by atoms with Gasteiger partial charge in [0.05, 0.1) is 12.2 Å². The fraction of sp³-hybridized carbons (Fsp3) is 0.462. The number of aromatic amines is 1. The van der Waals surface area contributed by atoms with Crippen molar-refractivity contribution in [3.8, 4) is 0 Å². The summed E-state index contributed by atoms with van der Waals surface area (Å²) in [6.07, 6.45) is 5.44. The Morgan fingerprint density at radius 2 is 2.06 bits per heavy atom. The fourth-order valence-corrected chi connectivity index (χ4v) is 1.75. The van der Waals surface area contributed by atoms with Crippen molar-refractivity contribution >= 4 is 0 Å². The van der Waals surface area contributed by atoms with E-state index in [9.17, 15) is 0 Å². The zero-order valence-electron chi connectivity index (χ0n) is 11.1. The van der Waals surface area contributed by atoms with Crippen LogP contribution in [0.15, 0.2) is 24.7 Å². The Balaban J connectivity index is 1.98. The number of aromatic nitrogens is 4. The Kier molecular flexibility index (Phi) is 4.04. The van der Waals surface area contributed by atoms with Crippen LogP contribution in [0.2, 0.25) is 0 Å². The second kappa shape index (κ2) is 5.73. The molecule has 0 saturated carbocycles. The third-order valence-electron chi connectivity index (χ3n) is 2.65. The molecule has 0 unspecified atom stereocenters. The third kappa shape index (κ3) is 3.37. The number of hydrogen-bond donors (Lipinski definition) is 1. The van der Waals surface area contributed by atoms with E-state index in [2.05, 4.69) is 45.7 Å². The molecule has 2 rings (SSSR count). The van der Waals surface area contributed by atoms with Crippen molar-refractivity contribution in [2.75, 3.05) is 7.05 Å². The van der Waals surface area contributed by atoms with Gasteiger partial charge in [-0.05, 0) is 13.1 Å². The van der Waals surface area contributed by atoms with Crippen LogP contribution >= 0.6 is 0 Å². The minimum absolute atomic E-state index is 0.361. The van der Waals surface area contributed by atoms with E-state index in [1.165, 1.54) is 0 Å². The second-order valence-electron chi connectivity index (χ2n) is 4.77. The molecule has 0 amide bonds. The molecule has 0 saturated heterocycles. The van der Waals surface area contributed by atoms with Gasteiger partial charge in [0.1, 0.15) is 11.6 Å². The molecule has 18 heavy (non-hydrogen) atoms. The number of imidazole rings is 1. The average Bonchev–Trinajstić information content (AvgIpc) is 2.82. The third-order valence-corrected chi connectivity index (χ3v) is 2.65. The van der Waals surface area contributed by atoms with Gasteiger partial charge < -0.3 is 4.98 Å². The largest absolute Gasteiger partial charge is 0.348 e. The van der Waals surface area contributed by atoms with Crippen molar-refractivity contribution in [3.63, 3.8) is 0 Å². The van der Waals surface area contributed by atoms with Gasteiger partial charge in [-0.25, -0.2) is 15.0 Å². The highest BCUT2D eigenvalue weighted by molar-refractivity contribution is 5.04. The smallest absolute Gasteiger partial charge is 0.131 e. The van der Waals surface area contributed by atoms with Crippen LogP contribution in [0.1, 0.15) is 37.1 Å². The van der Waals surface area contributed by atoms with Crippen molar-refractivity contribution in [2.45, 2.75) is 32.9 Å². The van der Waals surface area contributed by atoms with E-state index in [0.717, 1.165) is 30.4 Å². The van der Waals surface area contributed by atoms with Crippen molar-refractivity contribution in [1.29, 1.82) is 0 Å². The van der Waals surface area contributed by atoms with Crippen molar-refractivity contribution in [1.82, 2.24) is 24.8 Å². The lowest BCUT2D eigenvalue weighted by Gasteiger charge is -2.15. The van der Waals surface area contributed by atoms with Gasteiger partial charge in [0.2, 0.25) is 0 Å². The molecule has 0 aromatic carbocycles. The lowest BCUT2D eigenvalue weighted by Crippen LogP contribution is -2.19. The van der Waals surface area contributed by atoms with E-state index < -0.39 is 0 Å². The molecular weight excluding hydrogens is 226 g/mol. The molecule has 0 aliphatic rings. The van der Waals surface area contributed by atoms with Crippen LogP contribution in [0.3, 0.4) is 0 Å². The highest BCUT2D eigenvalue weighted by atomic mass is 15.1. The molecule has 0 fully saturated rings. The Labute approximate surface area is 107 Å². The molecule has 5 nitrogen and oxygen atoms in total. The van der Waals surface area contributed by atoms with Crippen LogP contribution in [-0.2, 0) is 13.1 Å². The minimum Gasteiger partial charge on any atom is -0.348 e. The normalized spacial score (nSPS) is 11.4. The Hall–Kier alpha value is -1.75. The summed E-state index contributed by atoms with van der Waals surface area (Å²) in [6, 6.07) is 1.96. The topological polar surface area (TPSA) is 57.7 Å². The molecule has 96 valence electrons. The summed E-state index contributed by atoms with van der Waals surface area (Å²) in [6.45, 7) is 5.79. The van der Waals surface area contributed by atoms with E-state index in [1.807, 2.05) is 18.5 Å². The van der Waals surface area contributed by atoms with Crippen molar-refractivity contribution in [2.24, 2.45) is 0 Å². The molecule has 2 aromatic heterocycles. The SMILES string of the molecule is CC(C)c1nccc(CN(C)Cc2ncc[nH]2)n1. The number of nitrogens with zero attached hydrogens (tertiary/aromatic N) is 4. The first-order chi connectivity index (χ1) is 8.65. The number of hydrogen-bond acceptors (Lipinski definition) is 4. The lowest BCUT2D eigenvalue weighted by atomic mass is 10.2. The van der Waals surface area contributed by atoms with E-state index in [-0.39, 0.29) is 0 Å². The zero-order chi connectivity index (χ0) is 13.0.